The number of aromatic nitrogens is 1. The Bertz CT molecular complexity index is 2170. The fraction of sp³-hybridized carbons (Fsp3) is 0.139. The Balaban J connectivity index is 1.39. The number of hydrogen-bond donors (Lipinski definition) is 1. The lowest BCUT2D eigenvalue weighted by Gasteiger charge is -2.25. The van der Waals surface area contributed by atoms with Crippen molar-refractivity contribution in [1.29, 1.82) is 0 Å². The molecule has 2 heterocycles. The first-order valence-electron chi connectivity index (χ1n) is 14.4. The third-order valence-corrected chi connectivity index (χ3v) is 8.64. The maximum atomic E-state index is 14.2. The smallest absolute Gasteiger partial charge is 0.271 e. The summed E-state index contributed by atoms with van der Waals surface area (Å²) in [5.41, 5.74) is 4.24. The Hall–Kier alpha value is -5.35. The van der Waals surface area contributed by atoms with E-state index in [4.69, 9.17) is 14.5 Å². The molecular weight excluding hydrogens is 608 g/mol. The molecule has 1 aliphatic heterocycles. The van der Waals surface area contributed by atoms with E-state index >= 15 is 0 Å². The number of ether oxygens (including phenoxy) is 2. The number of fused-ring (bicyclic) bond motifs is 1. The van der Waals surface area contributed by atoms with Gasteiger partial charge in [0.05, 0.1) is 29.0 Å². The number of nitrogens with zero attached hydrogens (tertiary/aromatic N) is 2. The number of carbonyl (C=O) groups is 1. The largest absolute Gasteiger partial charge is 0.496 e. The van der Waals surface area contributed by atoms with Crippen LogP contribution in [0.3, 0.4) is 0 Å². The van der Waals surface area contributed by atoms with Crippen molar-refractivity contribution in [3.05, 3.63) is 156 Å². The molecule has 1 aromatic heterocycles. The van der Waals surface area contributed by atoms with Gasteiger partial charge in [0.25, 0.3) is 11.5 Å². The van der Waals surface area contributed by atoms with Crippen molar-refractivity contribution in [2.75, 3.05) is 12.4 Å². The van der Waals surface area contributed by atoms with Gasteiger partial charge in [-0.2, -0.15) is 0 Å². The minimum absolute atomic E-state index is 0.0543. The standard InChI is InChI=1S/C36H29F2N3O4S/c1-21-9-7-8-12-28(21)40-34(42)32-22(2)39-36-41(33(32)24-10-5-4-6-11-24)35(43)31(46-36)18-23-13-15-29(44-3)25(17-23)20-45-30-16-14-26(37)19-27(30)38/h4-19,33H,20H2,1-3H3,(H,40,42)/b31-18+/t33-/m1/s1. The summed E-state index contributed by atoms with van der Waals surface area (Å²) in [5.74, 6) is -1.44. The van der Waals surface area contributed by atoms with Crippen LogP contribution in [-0.2, 0) is 11.4 Å². The van der Waals surface area contributed by atoms with Gasteiger partial charge >= 0.3 is 0 Å². The molecule has 0 saturated carbocycles. The second-order valence-corrected chi connectivity index (χ2v) is 11.7. The number of aryl methyl sites for hydroxylation is 1. The zero-order valence-electron chi connectivity index (χ0n) is 25.2. The minimum atomic E-state index is -0.813. The van der Waals surface area contributed by atoms with E-state index in [-0.39, 0.29) is 23.8 Å². The van der Waals surface area contributed by atoms with Gasteiger partial charge < -0.3 is 14.8 Å². The molecule has 6 rings (SSSR count). The van der Waals surface area contributed by atoms with Gasteiger partial charge in [-0.25, -0.2) is 13.8 Å². The highest BCUT2D eigenvalue weighted by molar-refractivity contribution is 7.07. The number of para-hydroxylation sites is 1. The normalized spacial score (nSPS) is 14.5. The van der Waals surface area contributed by atoms with Crippen molar-refractivity contribution < 1.29 is 23.0 Å². The van der Waals surface area contributed by atoms with E-state index in [0.29, 0.717) is 43.2 Å². The number of anilines is 1. The first-order chi connectivity index (χ1) is 22.2. The average molecular weight is 638 g/mol. The predicted molar refractivity (Wildman–Crippen MR) is 174 cm³/mol. The molecular formula is C36H29F2N3O4S. The monoisotopic (exact) mass is 637 g/mol. The van der Waals surface area contributed by atoms with Crippen LogP contribution in [0.4, 0.5) is 14.5 Å². The molecule has 5 aromatic rings. The summed E-state index contributed by atoms with van der Waals surface area (Å²) < 4.78 is 40.6. The zero-order chi connectivity index (χ0) is 32.4. The summed E-state index contributed by atoms with van der Waals surface area (Å²) in [6.07, 6.45) is 1.74. The third kappa shape index (κ3) is 6.12. The summed E-state index contributed by atoms with van der Waals surface area (Å²) >= 11 is 1.22. The molecule has 0 aliphatic carbocycles. The number of allylic oxidation sites excluding steroid dienone is 1. The number of benzene rings is 4. The van der Waals surface area contributed by atoms with Crippen LogP contribution in [0, 0.1) is 18.6 Å². The molecule has 0 spiro atoms. The van der Waals surface area contributed by atoms with Crippen molar-refractivity contribution in [1.82, 2.24) is 4.57 Å². The van der Waals surface area contributed by atoms with Crippen molar-refractivity contribution in [3.8, 4) is 11.5 Å². The van der Waals surface area contributed by atoms with Crippen LogP contribution in [0.1, 0.15) is 35.2 Å². The number of carbonyl (C=O) groups excluding carboxylic acids is 1. The Labute approximate surface area is 267 Å². The van der Waals surface area contributed by atoms with Crippen LogP contribution >= 0.6 is 11.3 Å². The summed E-state index contributed by atoms with van der Waals surface area (Å²) in [7, 11) is 1.51. The van der Waals surface area contributed by atoms with E-state index in [0.717, 1.165) is 23.3 Å². The number of amides is 1. The number of hydrogen-bond acceptors (Lipinski definition) is 6. The SMILES string of the molecule is COc1ccc(/C=c2/sc3n(c2=O)[C@H](c2ccccc2)C(C(=O)Nc2ccccc2C)=C(C)N=3)cc1COc1ccc(F)cc1F. The van der Waals surface area contributed by atoms with Gasteiger partial charge in [0.2, 0.25) is 0 Å². The van der Waals surface area contributed by atoms with E-state index < -0.39 is 17.7 Å². The molecule has 1 N–H and O–H groups in total. The predicted octanol–water partition coefficient (Wildman–Crippen LogP) is 6.05. The van der Waals surface area contributed by atoms with Gasteiger partial charge in [0, 0.05) is 17.3 Å². The molecule has 0 bridgehead atoms. The quantitative estimate of drug-likeness (QED) is 0.225. The summed E-state index contributed by atoms with van der Waals surface area (Å²) in [6, 6.07) is 24.6. The summed E-state index contributed by atoms with van der Waals surface area (Å²) in [5, 5.41) is 3.01. The molecule has 1 amide bonds. The lowest BCUT2D eigenvalue weighted by molar-refractivity contribution is -0.113. The average Bonchev–Trinajstić information content (AvgIpc) is 3.35. The first-order valence-corrected chi connectivity index (χ1v) is 15.2. The molecule has 0 unspecified atom stereocenters. The van der Waals surface area contributed by atoms with Crippen molar-refractivity contribution in [3.63, 3.8) is 0 Å². The van der Waals surface area contributed by atoms with Crippen LogP contribution in [0.15, 0.2) is 112 Å². The Morgan fingerprint density at radius 2 is 1.72 bits per heavy atom. The molecule has 0 fully saturated rings. The van der Waals surface area contributed by atoms with Crippen LogP contribution in [0.25, 0.3) is 6.08 Å². The fourth-order valence-corrected chi connectivity index (χ4v) is 6.41. The van der Waals surface area contributed by atoms with Crippen LogP contribution in [-0.4, -0.2) is 17.6 Å². The van der Waals surface area contributed by atoms with Crippen LogP contribution in [0.2, 0.25) is 0 Å². The maximum absolute atomic E-state index is 14.2. The Kier molecular flexibility index (Phi) is 8.63. The minimum Gasteiger partial charge on any atom is -0.496 e. The second-order valence-electron chi connectivity index (χ2n) is 10.7. The number of thiazole rings is 1. The topological polar surface area (TPSA) is 81.9 Å². The van der Waals surface area contributed by atoms with E-state index in [1.165, 1.54) is 24.5 Å². The number of nitrogens with one attached hydrogen (secondary N) is 1. The molecule has 0 radical (unpaired) electrons. The van der Waals surface area contributed by atoms with Gasteiger partial charge in [0.15, 0.2) is 16.4 Å². The first kappa shape index (κ1) is 30.7. The highest BCUT2D eigenvalue weighted by atomic mass is 32.1. The molecule has 0 saturated heterocycles. The van der Waals surface area contributed by atoms with Gasteiger partial charge in [0.1, 0.15) is 18.2 Å². The molecule has 1 aliphatic rings. The fourth-order valence-electron chi connectivity index (χ4n) is 5.37. The Morgan fingerprint density at radius 1 is 0.978 bits per heavy atom. The van der Waals surface area contributed by atoms with E-state index in [9.17, 15) is 18.4 Å². The summed E-state index contributed by atoms with van der Waals surface area (Å²) in [6.45, 7) is 3.64. The van der Waals surface area contributed by atoms with Gasteiger partial charge in [-0.1, -0.05) is 65.9 Å². The lowest BCUT2D eigenvalue weighted by atomic mass is 9.95. The molecule has 46 heavy (non-hydrogen) atoms. The second kappa shape index (κ2) is 12.9. The summed E-state index contributed by atoms with van der Waals surface area (Å²) in [4.78, 5) is 33.1. The number of methoxy groups -OCH3 is 1. The zero-order valence-corrected chi connectivity index (χ0v) is 26.0. The molecule has 4 aromatic carbocycles. The van der Waals surface area contributed by atoms with E-state index in [1.54, 1.807) is 35.8 Å². The molecule has 7 nitrogen and oxygen atoms in total. The van der Waals surface area contributed by atoms with Crippen molar-refractivity contribution >= 4 is 29.0 Å². The van der Waals surface area contributed by atoms with Crippen molar-refractivity contribution in [2.45, 2.75) is 26.5 Å². The van der Waals surface area contributed by atoms with E-state index in [1.807, 2.05) is 61.5 Å². The highest BCUT2D eigenvalue weighted by Gasteiger charge is 2.32. The number of rotatable bonds is 8. The molecule has 10 heteroatoms. The molecule has 1 atom stereocenters. The highest BCUT2D eigenvalue weighted by Crippen LogP contribution is 2.31. The van der Waals surface area contributed by atoms with Crippen molar-refractivity contribution in [2.24, 2.45) is 4.99 Å². The van der Waals surface area contributed by atoms with Crippen LogP contribution in [0.5, 0.6) is 11.5 Å². The van der Waals surface area contributed by atoms with Gasteiger partial charge in [-0.05, 0) is 66.9 Å². The Morgan fingerprint density at radius 3 is 2.46 bits per heavy atom. The molecule has 232 valence electrons. The number of halogens is 2. The third-order valence-electron chi connectivity index (χ3n) is 7.65. The maximum Gasteiger partial charge on any atom is 0.271 e. The van der Waals surface area contributed by atoms with E-state index in [2.05, 4.69) is 5.32 Å². The van der Waals surface area contributed by atoms with Gasteiger partial charge in [-0.3, -0.25) is 14.2 Å². The lowest BCUT2D eigenvalue weighted by Crippen LogP contribution is -2.40. The van der Waals surface area contributed by atoms with Crippen LogP contribution < -0.4 is 29.7 Å². The van der Waals surface area contributed by atoms with Gasteiger partial charge in [-0.15, -0.1) is 0 Å².